The standard InChI is InChI=1S/C12H21NO2/c1-12(15)6-4-10(5-7-12)11(14)13-8-2-3-9-13/h10,15H,2-9H2,1H3. The fourth-order valence-electron chi connectivity index (χ4n) is 2.68. The minimum atomic E-state index is -0.526. The first-order valence-corrected chi connectivity index (χ1v) is 6.10. The van der Waals surface area contributed by atoms with E-state index in [4.69, 9.17) is 0 Å². The van der Waals surface area contributed by atoms with Crippen LogP contribution in [-0.2, 0) is 4.79 Å². The Hall–Kier alpha value is -0.570. The van der Waals surface area contributed by atoms with Gasteiger partial charge in [0, 0.05) is 19.0 Å². The summed E-state index contributed by atoms with van der Waals surface area (Å²) in [5.41, 5.74) is -0.526. The van der Waals surface area contributed by atoms with Crippen LogP contribution in [0.1, 0.15) is 45.4 Å². The molecule has 0 unspecified atom stereocenters. The maximum atomic E-state index is 12.1. The molecule has 15 heavy (non-hydrogen) atoms. The third-order valence-corrected chi connectivity index (χ3v) is 3.83. The molecule has 0 spiro atoms. The molecule has 1 amide bonds. The van der Waals surface area contributed by atoms with Crippen LogP contribution in [0.2, 0.25) is 0 Å². The molecule has 0 radical (unpaired) electrons. The lowest BCUT2D eigenvalue weighted by molar-refractivity contribution is -0.137. The van der Waals surface area contributed by atoms with E-state index in [-0.39, 0.29) is 5.92 Å². The molecule has 0 aromatic carbocycles. The molecule has 0 bridgehead atoms. The Labute approximate surface area is 91.5 Å². The van der Waals surface area contributed by atoms with Crippen molar-refractivity contribution < 1.29 is 9.90 Å². The highest BCUT2D eigenvalue weighted by Crippen LogP contribution is 2.33. The van der Waals surface area contributed by atoms with E-state index in [1.165, 1.54) is 0 Å². The summed E-state index contributed by atoms with van der Waals surface area (Å²) in [7, 11) is 0. The SMILES string of the molecule is CC1(O)CCC(C(=O)N2CCCC2)CC1. The van der Waals surface area contributed by atoms with Crippen LogP contribution in [0.5, 0.6) is 0 Å². The van der Waals surface area contributed by atoms with Gasteiger partial charge in [-0.25, -0.2) is 0 Å². The van der Waals surface area contributed by atoms with Crippen LogP contribution in [-0.4, -0.2) is 34.6 Å². The molecule has 86 valence electrons. The van der Waals surface area contributed by atoms with E-state index in [1.807, 2.05) is 11.8 Å². The van der Waals surface area contributed by atoms with Crippen LogP contribution in [0.25, 0.3) is 0 Å². The van der Waals surface area contributed by atoms with Crippen LogP contribution >= 0.6 is 0 Å². The lowest BCUT2D eigenvalue weighted by Gasteiger charge is -2.34. The van der Waals surface area contributed by atoms with E-state index < -0.39 is 5.60 Å². The molecule has 1 aliphatic carbocycles. The van der Waals surface area contributed by atoms with Crippen LogP contribution in [0.3, 0.4) is 0 Å². The number of hydrogen-bond donors (Lipinski definition) is 1. The summed E-state index contributed by atoms with van der Waals surface area (Å²) in [4.78, 5) is 14.1. The molecule has 1 saturated carbocycles. The third kappa shape index (κ3) is 2.51. The number of rotatable bonds is 1. The summed E-state index contributed by atoms with van der Waals surface area (Å²) in [6.45, 7) is 3.78. The van der Waals surface area contributed by atoms with Crippen molar-refractivity contribution in [1.82, 2.24) is 4.90 Å². The average Bonchev–Trinajstić information content (AvgIpc) is 2.69. The van der Waals surface area contributed by atoms with Gasteiger partial charge in [0.25, 0.3) is 0 Å². The van der Waals surface area contributed by atoms with Crippen molar-refractivity contribution >= 4 is 5.91 Å². The van der Waals surface area contributed by atoms with Crippen LogP contribution in [0.15, 0.2) is 0 Å². The van der Waals surface area contributed by atoms with Crippen LogP contribution in [0.4, 0.5) is 0 Å². The lowest BCUT2D eigenvalue weighted by atomic mass is 9.79. The van der Waals surface area contributed by atoms with Gasteiger partial charge in [0.15, 0.2) is 0 Å². The minimum Gasteiger partial charge on any atom is -0.390 e. The van der Waals surface area contributed by atoms with E-state index >= 15 is 0 Å². The van der Waals surface area contributed by atoms with Crippen molar-refractivity contribution in [3.05, 3.63) is 0 Å². The number of carbonyl (C=O) groups is 1. The van der Waals surface area contributed by atoms with Crippen molar-refractivity contribution in [1.29, 1.82) is 0 Å². The van der Waals surface area contributed by atoms with Gasteiger partial charge in [-0.1, -0.05) is 0 Å². The van der Waals surface area contributed by atoms with Gasteiger partial charge < -0.3 is 10.0 Å². The molecule has 1 heterocycles. The summed E-state index contributed by atoms with van der Waals surface area (Å²) in [5.74, 6) is 0.520. The first-order valence-electron chi connectivity index (χ1n) is 6.10. The molecule has 2 rings (SSSR count). The van der Waals surface area contributed by atoms with Crippen LogP contribution in [0, 0.1) is 5.92 Å². The highest BCUT2D eigenvalue weighted by Gasteiger charge is 2.34. The molecule has 1 aliphatic heterocycles. The van der Waals surface area contributed by atoms with Gasteiger partial charge in [0.1, 0.15) is 0 Å². The number of carbonyl (C=O) groups excluding carboxylic acids is 1. The van der Waals surface area contributed by atoms with Gasteiger partial charge in [0.05, 0.1) is 5.60 Å². The van der Waals surface area contributed by atoms with Crippen LogP contribution < -0.4 is 0 Å². The molecular formula is C12H21NO2. The number of hydrogen-bond acceptors (Lipinski definition) is 2. The molecule has 3 nitrogen and oxygen atoms in total. The molecule has 1 N–H and O–H groups in total. The monoisotopic (exact) mass is 211 g/mol. The number of aliphatic hydroxyl groups is 1. The summed E-state index contributed by atoms with van der Waals surface area (Å²) in [5, 5.41) is 9.81. The van der Waals surface area contributed by atoms with Gasteiger partial charge in [-0.15, -0.1) is 0 Å². The summed E-state index contributed by atoms with van der Waals surface area (Å²) in [6.07, 6.45) is 5.60. The third-order valence-electron chi connectivity index (χ3n) is 3.83. The molecule has 2 fully saturated rings. The van der Waals surface area contributed by atoms with E-state index in [0.29, 0.717) is 5.91 Å². The zero-order chi connectivity index (χ0) is 10.9. The zero-order valence-electron chi connectivity index (χ0n) is 9.54. The van der Waals surface area contributed by atoms with Crippen molar-refractivity contribution in [3.63, 3.8) is 0 Å². The number of likely N-dealkylation sites (tertiary alicyclic amines) is 1. The summed E-state index contributed by atoms with van der Waals surface area (Å²) >= 11 is 0. The molecule has 1 saturated heterocycles. The summed E-state index contributed by atoms with van der Waals surface area (Å²) in [6, 6.07) is 0. The smallest absolute Gasteiger partial charge is 0.225 e. The second kappa shape index (κ2) is 4.12. The van der Waals surface area contributed by atoms with Gasteiger partial charge >= 0.3 is 0 Å². The van der Waals surface area contributed by atoms with Gasteiger partial charge in [0.2, 0.25) is 5.91 Å². The quantitative estimate of drug-likeness (QED) is 0.715. The topological polar surface area (TPSA) is 40.5 Å². The number of nitrogens with zero attached hydrogens (tertiary/aromatic N) is 1. The maximum absolute atomic E-state index is 12.1. The van der Waals surface area contributed by atoms with Gasteiger partial charge in [-0.2, -0.15) is 0 Å². The van der Waals surface area contributed by atoms with Gasteiger partial charge in [-0.05, 0) is 45.4 Å². The highest BCUT2D eigenvalue weighted by atomic mass is 16.3. The first kappa shape index (κ1) is 10.9. The van der Waals surface area contributed by atoms with Gasteiger partial charge in [-0.3, -0.25) is 4.79 Å². The molecule has 0 aromatic heterocycles. The molecule has 3 heteroatoms. The Morgan fingerprint density at radius 2 is 1.80 bits per heavy atom. The van der Waals surface area contributed by atoms with Crippen molar-refractivity contribution in [2.75, 3.05) is 13.1 Å². The summed E-state index contributed by atoms with van der Waals surface area (Å²) < 4.78 is 0. The van der Waals surface area contributed by atoms with E-state index in [9.17, 15) is 9.90 Å². The Balaban J connectivity index is 1.87. The Morgan fingerprint density at radius 3 is 2.33 bits per heavy atom. The van der Waals surface area contributed by atoms with E-state index in [2.05, 4.69) is 0 Å². The largest absolute Gasteiger partial charge is 0.390 e. The second-order valence-electron chi connectivity index (χ2n) is 5.30. The number of amides is 1. The second-order valence-corrected chi connectivity index (χ2v) is 5.30. The normalized spacial score (nSPS) is 36.9. The lowest BCUT2D eigenvalue weighted by Crippen LogP contribution is -2.39. The fourth-order valence-corrected chi connectivity index (χ4v) is 2.68. The molecule has 0 aromatic rings. The van der Waals surface area contributed by atoms with Crippen molar-refractivity contribution in [3.8, 4) is 0 Å². The maximum Gasteiger partial charge on any atom is 0.225 e. The van der Waals surface area contributed by atoms with E-state index in [0.717, 1.165) is 51.6 Å². The zero-order valence-corrected chi connectivity index (χ0v) is 9.54. The van der Waals surface area contributed by atoms with Crippen molar-refractivity contribution in [2.45, 2.75) is 51.0 Å². The predicted molar refractivity (Wildman–Crippen MR) is 58.4 cm³/mol. The van der Waals surface area contributed by atoms with E-state index in [1.54, 1.807) is 0 Å². The molecule has 2 aliphatic rings. The highest BCUT2D eigenvalue weighted by molar-refractivity contribution is 5.79. The minimum absolute atomic E-state index is 0.184. The van der Waals surface area contributed by atoms with Crippen molar-refractivity contribution in [2.24, 2.45) is 5.92 Å². The predicted octanol–water partition coefficient (Wildman–Crippen LogP) is 1.55. The Bertz CT molecular complexity index is 234. The first-order chi connectivity index (χ1) is 7.08. The average molecular weight is 211 g/mol. The Kier molecular flexibility index (Phi) is 3.01. The fraction of sp³-hybridized carbons (Fsp3) is 0.917. The molecule has 0 atom stereocenters. The Morgan fingerprint density at radius 1 is 1.27 bits per heavy atom. The molecular weight excluding hydrogens is 190 g/mol.